The molecule has 2 heteroatoms. The van der Waals surface area contributed by atoms with Crippen molar-refractivity contribution >= 4 is 0 Å². The lowest BCUT2D eigenvalue weighted by atomic mass is 9.98. The Bertz CT molecular complexity index is 336. The molecule has 0 bridgehead atoms. The van der Waals surface area contributed by atoms with Crippen molar-refractivity contribution in [2.75, 3.05) is 7.11 Å². The summed E-state index contributed by atoms with van der Waals surface area (Å²) in [5, 5.41) is 7.00. The van der Waals surface area contributed by atoms with Gasteiger partial charge in [0, 0.05) is 7.11 Å². The molecular formula is C19H37NO. The first-order chi connectivity index (χ1) is 9.75. The number of unbranched alkanes of at least 4 members (excludes halogenated alkanes) is 7. The summed E-state index contributed by atoms with van der Waals surface area (Å²) >= 11 is 0. The number of aliphatic hydroxyl groups excluding tert-OH is 1. The van der Waals surface area contributed by atoms with Gasteiger partial charge in [0.25, 0.3) is 0 Å². The van der Waals surface area contributed by atoms with Crippen LogP contribution in [0.2, 0.25) is 0 Å². The third kappa shape index (κ3) is 10.5. The highest BCUT2D eigenvalue weighted by Crippen LogP contribution is 2.16. The maximum atomic E-state index is 7.00. The molecule has 0 heterocycles. The van der Waals surface area contributed by atoms with Gasteiger partial charge < -0.3 is 11.3 Å². The number of hydrogen-bond donors (Lipinski definition) is 2. The highest BCUT2D eigenvalue weighted by Gasteiger charge is 2.00. The summed E-state index contributed by atoms with van der Waals surface area (Å²) in [5.74, 6) is 0. The van der Waals surface area contributed by atoms with Crippen molar-refractivity contribution in [3.63, 3.8) is 0 Å². The summed E-state index contributed by atoms with van der Waals surface area (Å²) in [6, 6.07) is 6.71. The van der Waals surface area contributed by atoms with Gasteiger partial charge in [0.05, 0.1) is 0 Å². The van der Waals surface area contributed by atoms with Crippen LogP contribution >= 0.6 is 0 Å². The Labute approximate surface area is 132 Å². The van der Waals surface area contributed by atoms with Crippen LogP contribution in [0.5, 0.6) is 0 Å². The number of rotatable bonds is 9. The Kier molecular flexibility index (Phi) is 16.6. The van der Waals surface area contributed by atoms with Crippen LogP contribution in [0.1, 0.15) is 75.0 Å². The average molecular weight is 296 g/mol. The molecule has 1 aromatic rings. The van der Waals surface area contributed by atoms with E-state index in [1.54, 1.807) is 5.56 Å². The zero-order valence-electron chi connectivity index (χ0n) is 14.8. The molecule has 1 rings (SSSR count). The largest absolute Gasteiger partial charge is 0.400 e. The van der Waals surface area contributed by atoms with Gasteiger partial charge in [-0.3, -0.25) is 0 Å². The fourth-order valence-electron chi connectivity index (χ4n) is 2.53. The molecular weight excluding hydrogens is 258 g/mol. The molecule has 0 aromatic heterocycles. The van der Waals surface area contributed by atoms with Gasteiger partial charge in [-0.05, 0) is 43.4 Å². The summed E-state index contributed by atoms with van der Waals surface area (Å²) in [7, 11) is 1.00. The van der Waals surface area contributed by atoms with E-state index in [1.165, 1.54) is 68.9 Å². The number of aryl methyl sites for hydroxylation is 2. The molecule has 0 aliphatic rings. The minimum absolute atomic E-state index is 0. The van der Waals surface area contributed by atoms with Crippen molar-refractivity contribution in [2.24, 2.45) is 0 Å². The third-order valence-corrected chi connectivity index (χ3v) is 4.02. The monoisotopic (exact) mass is 295 g/mol. The van der Waals surface area contributed by atoms with Crippen molar-refractivity contribution in [1.29, 1.82) is 0 Å². The van der Waals surface area contributed by atoms with Gasteiger partial charge in [-0.1, -0.05) is 70.1 Å². The van der Waals surface area contributed by atoms with Crippen LogP contribution in [-0.4, -0.2) is 12.2 Å². The highest BCUT2D eigenvalue weighted by atomic mass is 16.2. The molecule has 0 fully saturated rings. The second-order valence-electron chi connectivity index (χ2n) is 5.58. The highest BCUT2D eigenvalue weighted by molar-refractivity contribution is 5.33. The Morgan fingerprint density at radius 1 is 0.810 bits per heavy atom. The molecule has 0 aliphatic carbocycles. The van der Waals surface area contributed by atoms with Gasteiger partial charge in [0.15, 0.2) is 0 Å². The van der Waals surface area contributed by atoms with Gasteiger partial charge in [0.1, 0.15) is 0 Å². The number of hydrogen-bond acceptors (Lipinski definition) is 2. The van der Waals surface area contributed by atoms with Gasteiger partial charge in [-0.25, -0.2) is 0 Å². The van der Waals surface area contributed by atoms with Crippen molar-refractivity contribution in [2.45, 2.75) is 78.6 Å². The Balaban J connectivity index is 0. The predicted octanol–water partition coefficient (Wildman–Crippen LogP) is 5.76. The van der Waals surface area contributed by atoms with Gasteiger partial charge in [0.2, 0.25) is 0 Å². The molecule has 0 atom stereocenters. The van der Waals surface area contributed by atoms with E-state index in [-0.39, 0.29) is 6.15 Å². The van der Waals surface area contributed by atoms with E-state index in [4.69, 9.17) is 5.11 Å². The minimum atomic E-state index is 0. The summed E-state index contributed by atoms with van der Waals surface area (Å²) in [6.45, 7) is 6.76. The van der Waals surface area contributed by atoms with Crippen LogP contribution in [0, 0.1) is 13.8 Å². The van der Waals surface area contributed by atoms with E-state index in [0.29, 0.717) is 0 Å². The summed E-state index contributed by atoms with van der Waals surface area (Å²) in [6.07, 6.45) is 12.5. The van der Waals surface area contributed by atoms with E-state index < -0.39 is 0 Å². The van der Waals surface area contributed by atoms with Crippen LogP contribution < -0.4 is 6.15 Å². The fourth-order valence-corrected chi connectivity index (χ4v) is 2.53. The van der Waals surface area contributed by atoms with Gasteiger partial charge in [-0.2, -0.15) is 0 Å². The van der Waals surface area contributed by atoms with E-state index in [2.05, 4.69) is 39.0 Å². The zero-order valence-corrected chi connectivity index (χ0v) is 14.8. The second kappa shape index (κ2) is 15.5. The first-order valence-electron chi connectivity index (χ1n) is 8.25. The Hall–Kier alpha value is -0.860. The molecule has 0 amide bonds. The molecule has 0 saturated heterocycles. The van der Waals surface area contributed by atoms with Crippen LogP contribution in [0.25, 0.3) is 0 Å². The normalized spacial score (nSPS) is 9.57. The Morgan fingerprint density at radius 3 is 1.90 bits per heavy atom. The van der Waals surface area contributed by atoms with Crippen LogP contribution in [-0.2, 0) is 6.42 Å². The maximum absolute atomic E-state index is 7.00. The van der Waals surface area contributed by atoms with Crippen LogP contribution in [0.15, 0.2) is 18.2 Å². The lowest BCUT2D eigenvalue weighted by Crippen LogP contribution is -1.92. The van der Waals surface area contributed by atoms with E-state index in [9.17, 15) is 0 Å². The standard InChI is InChI=1S/C18H30.CH4O.H3N/c1-4-5-6-7-8-9-10-11-14-18-15-12-13-16(2)17(18)3;1-2;/h12-13,15H,4-11,14H2,1-3H3;2H,1H3;1H3. The predicted molar refractivity (Wildman–Crippen MR) is 95.4 cm³/mol. The van der Waals surface area contributed by atoms with Gasteiger partial charge >= 0.3 is 0 Å². The van der Waals surface area contributed by atoms with Crippen LogP contribution in [0.3, 0.4) is 0 Å². The molecule has 2 nitrogen and oxygen atoms in total. The summed E-state index contributed by atoms with van der Waals surface area (Å²) in [5.41, 5.74) is 4.49. The summed E-state index contributed by atoms with van der Waals surface area (Å²) in [4.78, 5) is 0. The van der Waals surface area contributed by atoms with Gasteiger partial charge in [-0.15, -0.1) is 0 Å². The summed E-state index contributed by atoms with van der Waals surface area (Å²) < 4.78 is 0. The van der Waals surface area contributed by atoms with E-state index in [1.807, 2.05) is 0 Å². The average Bonchev–Trinajstić information content (AvgIpc) is 2.48. The lowest BCUT2D eigenvalue weighted by Gasteiger charge is -2.08. The molecule has 0 saturated carbocycles. The molecule has 21 heavy (non-hydrogen) atoms. The molecule has 0 aliphatic heterocycles. The molecule has 4 N–H and O–H groups in total. The quantitative estimate of drug-likeness (QED) is 0.569. The molecule has 124 valence electrons. The number of benzene rings is 1. The third-order valence-electron chi connectivity index (χ3n) is 4.02. The fraction of sp³-hybridized carbons (Fsp3) is 0.684. The maximum Gasteiger partial charge on any atom is 0.0319 e. The zero-order chi connectivity index (χ0) is 15.2. The van der Waals surface area contributed by atoms with Crippen molar-refractivity contribution in [1.82, 2.24) is 6.15 Å². The smallest absolute Gasteiger partial charge is 0.0319 e. The second-order valence-corrected chi connectivity index (χ2v) is 5.58. The lowest BCUT2D eigenvalue weighted by molar-refractivity contribution is 0.399. The van der Waals surface area contributed by atoms with E-state index >= 15 is 0 Å². The minimum Gasteiger partial charge on any atom is -0.400 e. The topological polar surface area (TPSA) is 55.2 Å². The first-order valence-corrected chi connectivity index (χ1v) is 8.25. The van der Waals surface area contributed by atoms with E-state index in [0.717, 1.165) is 7.11 Å². The van der Waals surface area contributed by atoms with Crippen molar-refractivity contribution < 1.29 is 5.11 Å². The van der Waals surface area contributed by atoms with Crippen molar-refractivity contribution in [3.05, 3.63) is 34.9 Å². The van der Waals surface area contributed by atoms with Crippen LogP contribution in [0.4, 0.5) is 0 Å². The SMILES string of the molecule is CCCCCCCCCCc1cccc(C)c1C.CO.N. The van der Waals surface area contributed by atoms with Crippen molar-refractivity contribution in [3.8, 4) is 0 Å². The molecule has 0 radical (unpaired) electrons. The molecule has 0 spiro atoms. The Morgan fingerprint density at radius 2 is 1.33 bits per heavy atom. The first kappa shape index (κ1) is 22.4. The molecule has 1 aromatic carbocycles. The molecule has 0 unspecified atom stereocenters. The number of aliphatic hydroxyl groups is 1.